The predicted octanol–water partition coefficient (Wildman–Crippen LogP) is 7.03. The van der Waals surface area contributed by atoms with Crippen LogP contribution < -0.4 is 19.5 Å². The molecule has 2 aliphatic rings. The summed E-state index contributed by atoms with van der Waals surface area (Å²) in [6.07, 6.45) is 0.370. The number of aliphatic carboxylic acids is 1. The first-order valence-corrected chi connectivity index (χ1v) is 14.6. The van der Waals surface area contributed by atoms with Crippen LogP contribution in [-0.2, 0) is 16.0 Å². The zero-order valence-corrected chi connectivity index (χ0v) is 25.2. The van der Waals surface area contributed by atoms with Gasteiger partial charge in [0, 0.05) is 23.1 Å². The number of carboxylic acid groups (broad SMARTS) is 1. The second-order valence-corrected chi connectivity index (χ2v) is 12.1. The lowest BCUT2D eigenvalue weighted by Gasteiger charge is -2.20. The summed E-state index contributed by atoms with van der Waals surface area (Å²) >= 11 is 0. The molecule has 2 atom stereocenters. The molecule has 228 valence electrons. The third-order valence-corrected chi connectivity index (χ3v) is 7.66. The van der Waals surface area contributed by atoms with Crippen LogP contribution in [0.2, 0.25) is 0 Å². The van der Waals surface area contributed by atoms with Gasteiger partial charge in [-0.1, -0.05) is 12.1 Å². The van der Waals surface area contributed by atoms with E-state index in [1.807, 2.05) is 58.9 Å². The minimum absolute atomic E-state index is 0.00837. The molecule has 43 heavy (non-hydrogen) atoms. The van der Waals surface area contributed by atoms with E-state index < -0.39 is 23.8 Å². The molecule has 5 rings (SSSR count). The van der Waals surface area contributed by atoms with Crippen molar-refractivity contribution in [1.29, 1.82) is 0 Å². The van der Waals surface area contributed by atoms with E-state index in [1.54, 1.807) is 12.1 Å². The molecule has 3 aromatic rings. The third kappa shape index (κ3) is 6.87. The maximum Gasteiger partial charge on any atom is 0.407 e. The highest BCUT2D eigenvalue weighted by Crippen LogP contribution is 2.45. The van der Waals surface area contributed by atoms with Crippen molar-refractivity contribution < 1.29 is 38.0 Å². The second kappa shape index (κ2) is 12.1. The fourth-order valence-corrected chi connectivity index (χ4v) is 5.97. The zero-order valence-electron chi connectivity index (χ0n) is 25.2. The smallest absolute Gasteiger partial charge is 0.407 e. The number of carbonyl (C=O) groups excluding carboxylic acids is 1. The molecule has 0 spiro atoms. The van der Waals surface area contributed by atoms with E-state index in [1.165, 1.54) is 6.07 Å². The normalized spacial score (nSPS) is 17.1. The minimum Gasteiger partial charge on any atom is -0.492 e. The van der Waals surface area contributed by atoms with E-state index >= 15 is 4.39 Å². The van der Waals surface area contributed by atoms with Gasteiger partial charge in [-0.15, -0.1) is 0 Å². The monoisotopic (exact) mass is 591 g/mol. The largest absolute Gasteiger partial charge is 0.492 e. The molecule has 0 bridgehead atoms. The predicted molar refractivity (Wildman–Crippen MR) is 160 cm³/mol. The molecule has 3 aromatic carbocycles. The van der Waals surface area contributed by atoms with Gasteiger partial charge in [0.25, 0.3) is 0 Å². The molecule has 1 amide bonds. The van der Waals surface area contributed by atoms with Gasteiger partial charge >= 0.3 is 12.1 Å². The van der Waals surface area contributed by atoms with E-state index in [-0.39, 0.29) is 24.8 Å². The zero-order chi connectivity index (χ0) is 30.9. The Kier molecular flexibility index (Phi) is 8.53. The van der Waals surface area contributed by atoms with Crippen molar-refractivity contribution in [2.75, 3.05) is 19.8 Å². The van der Waals surface area contributed by atoms with E-state index in [4.69, 9.17) is 24.1 Å². The van der Waals surface area contributed by atoms with Gasteiger partial charge in [-0.25, -0.2) is 9.18 Å². The molecule has 0 fully saturated rings. The van der Waals surface area contributed by atoms with E-state index in [9.17, 15) is 9.59 Å². The maximum absolute atomic E-state index is 15.3. The summed E-state index contributed by atoms with van der Waals surface area (Å²) in [6.45, 7) is 10.4. The Bertz CT molecular complexity index is 1520. The molecule has 0 saturated heterocycles. The average Bonchev–Trinajstić information content (AvgIpc) is 3.51. The summed E-state index contributed by atoms with van der Waals surface area (Å²) in [5.41, 5.74) is 5.80. The first kappa shape index (κ1) is 30.2. The van der Waals surface area contributed by atoms with Gasteiger partial charge in [-0.3, -0.25) is 4.79 Å². The molecule has 0 radical (unpaired) electrons. The number of hydrogen-bond acceptors (Lipinski definition) is 6. The van der Waals surface area contributed by atoms with E-state index in [2.05, 4.69) is 5.32 Å². The van der Waals surface area contributed by atoms with E-state index in [0.29, 0.717) is 48.8 Å². The Morgan fingerprint density at radius 1 is 1.07 bits per heavy atom. The van der Waals surface area contributed by atoms with Crippen molar-refractivity contribution in [3.8, 4) is 28.4 Å². The molecule has 8 nitrogen and oxygen atoms in total. The second-order valence-electron chi connectivity index (χ2n) is 12.1. The van der Waals surface area contributed by atoms with Crippen LogP contribution in [0.25, 0.3) is 11.1 Å². The lowest BCUT2D eigenvalue weighted by atomic mass is 9.90. The number of aryl methyl sites for hydroxylation is 2. The van der Waals surface area contributed by atoms with Gasteiger partial charge in [0.15, 0.2) is 0 Å². The van der Waals surface area contributed by atoms with Gasteiger partial charge in [-0.2, -0.15) is 0 Å². The number of carboxylic acids is 1. The summed E-state index contributed by atoms with van der Waals surface area (Å²) in [4.78, 5) is 23.0. The van der Waals surface area contributed by atoms with Crippen LogP contribution >= 0.6 is 0 Å². The number of amides is 1. The highest BCUT2D eigenvalue weighted by molar-refractivity contribution is 5.76. The first-order valence-electron chi connectivity index (χ1n) is 14.6. The molecule has 1 aliphatic carbocycles. The first-order chi connectivity index (χ1) is 20.4. The van der Waals surface area contributed by atoms with Crippen LogP contribution in [0.15, 0.2) is 42.5 Å². The SMILES string of the molecule is Cc1cc(OCCNC(=O)OC(C)(C)C)cc(C)c1-c1ccc(F)c2c1CC[C@H]2Oc1ccc2c(c1)OCC2CC(=O)O. The summed E-state index contributed by atoms with van der Waals surface area (Å²) in [7, 11) is 0. The topological polar surface area (TPSA) is 103 Å². The van der Waals surface area contributed by atoms with Crippen molar-refractivity contribution in [2.45, 2.75) is 71.5 Å². The van der Waals surface area contributed by atoms with E-state index in [0.717, 1.165) is 33.4 Å². The molecular formula is C34H38FNO7. The molecule has 9 heteroatoms. The van der Waals surface area contributed by atoms with Crippen molar-refractivity contribution >= 4 is 12.1 Å². The quantitative estimate of drug-likeness (QED) is 0.258. The summed E-state index contributed by atoms with van der Waals surface area (Å²) in [5.74, 6) is 0.515. The number of ether oxygens (including phenoxy) is 4. The molecular weight excluding hydrogens is 553 g/mol. The summed E-state index contributed by atoms with van der Waals surface area (Å²) in [5, 5.41) is 11.9. The fourth-order valence-electron chi connectivity index (χ4n) is 5.97. The van der Waals surface area contributed by atoms with Gasteiger partial charge in [0.05, 0.1) is 19.6 Å². The number of alkyl carbamates (subject to hydrolysis) is 1. The number of carbonyl (C=O) groups is 2. The van der Waals surface area contributed by atoms with Gasteiger partial charge in [-0.05, 0) is 99.5 Å². The lowest BCUT2D eigenvalue weighted by Crippen LogP contribution is -2.34. The Hall–Kier alpha value is -4.27. The van der Waals surface area contributed by atoms with Crippen LogP contribution in [0.3, 0.4) is 0 Å². The van der Waals surface area contributed by atoms with Gasteiger partial charge in [0.2, 0.25) is 0 Å². The lowest BCUT2D eigenvalue weighted by molar-refractivity contribution is -0.137. The molecule has 0 saturated carbocycles. The van der Waals surface area contributed by atoms with Crippen molar-refractivity contribution in [3.63, 3.8) is 0 Å². The third-order valence-electron chi connectivity index (χ3n) is 7.66. The van der Waals surface area contributed by atoms with Crippen LogP contribution in [-0.4, -0.2) is 42.5 Å². The Morgan fingerprint density at radius 3 is 2.51 bits per heavy atom. The number of fused-ring (bicyclic) bond motifs is 2. The molecule has 1 unspecified atom stereocenters. The molecule has 2 N–H and O–H groups in total. The standard InChI is InChI=1S/C34H38FNO7/c1-19-14-23(40-13-12-36-33(39)43-34(3,4)5)15-20(2)31(19)25-8-10-27(35)32-26(25)9-11-28(32)42-22-6-7-24-21(16-30(37)38)18-41-29(24)17-22/h6-8,10,14-15,17,21,28H,9,11-13,16,18H2,1-5H3,(H,36,39)(H,37,38)/t21?,28-/m1/s1. The van der Waals surface area contributed by atoms with Crippen molar-refractivity contribution in [1.82, 2.24) is 5.32 Å². The van der Waals surface area contributed by atoms with Crippen LogP contribution in [0.5, 0.6) is 17.2 Å². The highest BCUT2D eigenvalue weighted by Gasteiger charge is 2.32. The average molecular weight is 592 g/mol. The summed E-state index contributed by atoms with van der Waals surface area (Å²) in [6, 6.07) is 12.7. The number of hydrogen-bond donors (Lipinski definition) is 2. The Labute approximate surface area is 251 Å². The van der Waals surface area contributed by atoms with Gasteiger partial charge in [0.1, 0.15) is 41.4 Å². The number of rotatable bonds is 9. The van der Waals surface area contributed by atoms with Crippen LogP contribution in [0.4, 0.5) is 9.18 Å². The maximum atomic E-state index is 15.3. The fraction of sp³-hybridized carbons (Fsp3) is 0.412. The molecule has 0 aromatic heterocycles. The molecule has 1 aliphatic heterocycles. The number of benzene rings is 3. The number of nitrogens with one attached hydrogen (secondary N) is 1. The minimum atomic E-state index is -0.865. The summed E-state index contributed by atoms with van der Waals surface area (Å²) < 4.78 is 38.5. The molecule has 1 heterocycles. The number of halogens is 1. The van der Waals surface area contributed by atoms with Crippen molar-refractivity contribution in [2.24, 2.45) is 0 Å². The van der Waals surface area contributed by atoms with Crippen molar-refractivity contribution in [3.05, 3.63) is 76.1 Å². The highest BCUT2D eigenvalue weighted by atomic mass is 19.1. The van der Waals surface area contributed by atoms with Crippen LogP contribution in [0.1, 0.15) is 73.5 Å². The van der Waals surface area contributed by atoms with Gasteiger partial charge < -0.3 is 29.4 Å². The van der Waals surface area contributed by atoms with Crippen LogP contribution in [0, 0.1) is 19.7 Å². The Balaban J connectivity index is 1.30. The Morgan fingerprint density at radius 2 is 1.81 bits per heavy atom.